The molecule has 124 valence electrons. The van der Waals surface area contributed by atoms with Gasteiger partial charge >= 0.3 is 0 Å². The van der Waals surface area contributed by atoms with Crippen LogP contribution >= 0.6 is 11.3 Å². The monoisotopic (exact) mass is 342 g/mol. The molecule has 3 aromatic rings. The van der Waals surface area contributed by atoms with Gasteiger partial charge in [-0.15, -0.1) is 21.5 Å². The molecule has 0 aromatic carbocycles. The van der Waals surface area contributed by atoms with Crippen molar-refractivity contribution in [3.8, 4) is 0 Å². The van der Waals surface area contributed by atoms with E-state index in [1.165, 1.54) is 10.4 Å². The standard InChI is InChI=1S/C16H18N6OS/c17-15-19-12(9-13-20-18-10-22(13)15)21-5-3-16(4-6-21)14-11(1-7-23-16)2-8-24-14/h2,8-10H,1,3-7H2,(H2,17,19). The van der Waals surface area contributed by atoms with Crippen LogP contribution in [0, 0.1) is 0 Å². The van der Waals surface area contributed by atoms with Crippen LogP contribution in [0.25, 0.3) is 5.65 Å². The first kappa shape index (κ1) is 14.2. The third kappa shape index (κ3) is 2.03. The summed E-state index contributed by atoms with van der Waals surface area (Å²) in [6.07, 6.45) is 4.56. The van der Waals surface area contributed by atoms with Crippen molar-refractivity contribution < 1.29 is 4.74 Å². The van der Waals surface area contributed by atoms with Crippen LogP contribution in [0.3, 0.4) is 0 Å². The van der Waals surface area contributed by atoms with Gasteiger partial charge in [-0.2, -0.15) is 4.98 Å². The number of piperidine rings is 1. The molecule has 5 heterocycles. The molecule has 8 heteroatoms. The third-order valence-electron chi connectivity index (χ3n) is 5.11. The summed E-state index contributed by atoms with van der Waals surface area (Å²) in [6, 6.07) is 4.19. The van der Waals surface area contributed by atoms with E-state index < -0.39 is 0 Å². The minimum Gasteiger partial charge on any atom is -0.369 e. The molecule has 2 N–H and O–H groups in total. The van der Waals surface area contributed by atoms with E-state index in [9.17, 15) is 0 Å². The Morgan fingerprint density at radius 2 is 2.17 bits per heavy atom. The molecule has 1 spiro atoms. The van der Waals surface area contributed by atoms with E-state index in [2.05, 4.69) is 31.5 Å². The lowest BCUT2D eigenvalue weighted by Crippen LogP contribution is -2.46. The quantitative estimate of drug-likeness (QED) is 0.727. The first-order valence-electron chi connectivity index (χ1n) is 8.17. The van der Waals surface area contributed by atoms with E-state index in [4.69, 9.17) is 10.5 Å². The SMILES string of the molecule is Nc1nc(N2CCC3(CC2)OCCc2ccsc23)cc2nncn12. The lowest BCUT2D eigenvalue weighted by Gasteiger charge is -2.44. The number of rotatable bonds is 1. The Labute approximate surface area is 143 Å². The van der Waals surface area contributed by atoms with Gasteiger partial charge in [0.1, 0.15) is 17.7 Å². The van der Waals surface area contributed by atoms with E-state index in [0.717, 1.165) is 50.4 Å². The van der Waals surface area contributed by atoms with Gasteiger partial charge in [0, 0.05) is 24.0 Å². The molecular weight excluding hydrogens is 324 g/mol. The molecule has 0 bridgehead atoms. The fourth-order valence-electron chi connectivity index (χ4n) is 3.82. The van der Waals surface area contributed by atoms with Gasteiger partial charge in [-0.1, -0.05) is 0 Å². The zero-order chi connectivity index (χ0) is 16.1. The Morgan fingerprint density at radius 1 is 1.29 bits per heavy atom. The van der Waals surface area contributed by atoms with Crippen LogP contribution in [-0.4, -0.2) is 39.3 Å². The van der Waals surface area contributed by atoms with Crippen LogP contribution in [0.5, 0.6) is 0 Å². The van der Waals surface area contributed by atoms with Crippen molar-refractivity contribution in [3.05, 3.63) is 34.3 Å². The third-order valence-corrected chi connectivity index (χ3v) is 6.26. The molecule has 0 atom stereocenters. The van der Waals surface area contributed by atoms with Crippen molar-refractivity contribution in [1.82, 2.24) is 19.6 Å². The topological polar surface area (TPSA) is 81.6 Å². The number of nitrogens with zero attached hydrogens (tertiary/aromatic N) is 5. The molecule has 0 unspecified atom stereocenters. The van der Waals surface area contributed by atoms with Crippen molar-refractivity contribution in [2.24, 2.45) is 0 Å². The Morgan fingerprint density at radius 3 is 3.04 bits per heavy atom. The molecule has 2 aliphatic rings. The number of anilines is 2. The largest absolute Gasteiger partial charge is 0.369 e. The van der Waals surface area contributed by atoms with Crippen LogP contribution in [0.2, 0.25) is 0 Å². The number of nitrogen functional groups attached to an aromatic ring is 1. The highest BCUT2D eigenvalue weighted by atomic mass is 32.1. The van der Waals surface area contributed by atoms with E-state index in [-0.39, 0.29) is 5.60 Å². The smallest absolute Gasteiger partial charge is 0.209 e. The van der Waals surface area contributed by atoms with Crippen molar-refractivity contribution in [2.45, 2.75) is 24.9 Å². The zero-order valence-corrected chi connectivity index (χ0v) is 14.0. The number of ether oxygens (including phenoxy) is 1. The van der Waals surface area contributed by atoms with E-state index in [0.29, 0.717) is 5.95 Å². The van der Waals surface area contributed by atoms with E-state index in [1.54, 1.807) is 10.7 Å². The summed E-state index contributed by atoms with van der Waals surface area (Å²) in [6.45, 7) is 2.61. The molecule has 0 amide bonds. The normalized spacial score (nSPS) is 19.8. The molecule has 3 aromatic heterocycles. The summed E-state index contributed by atoms with van der Waals surface area (Å²) in [5.74, 6) is 1.28. The van der Waals surface area contributed by atoms with Crippen LogP contribution in [0.15, 0.2) is 23.8 Å². The van der Waals surface area contributed by atoms with Crippen LogP contribution in [-0.2, 0) is 16.8 Å². The molecule has 7 nitrogen and oxygen atoms in total. The van der Waals surface area contributed by atoms with Gasteiger partial charge in [0.25, 0.3) is 0 Å². The fraction of sp³-hybridized carbons (Fsp3) is 0.438. The Bertz CT molecular complexity index is 895. The van der Waals surface area contributed by atoms with Crippen molar-refractivity contribution in [2.75, 3.05) is 30.3 Å². The predicted molar refractivity (Wildman–Crippen MR) is 92.3 cm³/mol. The number of hydrogen-bond acceptors (Lipinski definition) is 7. The molecule has 2 aliphatic heterocycles. The second kappa shape index (κ2) is 5.15. The average molecular weight is 342 g/mol. The summed E-state index contributed by atoms with van der Waals surface area (Å²) < 4.78 is 7.96. The van der Waals surface area contributed by atoms with Gasteiger partial charge in [0.2, 0.25) is 5.95 Å². The lowest BCUT2D eigenvalue weighted by atomic mass is 9.85. The summed E-state index contributed by atoms with van der Waals surface area (Å²) in [5.41, 5.74) is 8.10. The maximum absolute atomic E-state index is 6.27. The summed E-state index contributed by atoms with van der Waals surface area (Å²) in [7, 11) is 0. The Balaban J connectivity index is 1.42. The van der Waals surface area contributed by atoms with Crippen molar-refractivity contribution >= 4 is 28.8 Å². The van der Waals surface area contributed by atoms with E-state index >= 15 is 0 Å². The molecular formula is C16H18N6OS. The molecule has 0 aliphatic carbocycles. The number of thiophene rings is 1. The van der Waals surface area contributed by atoms with Crippen LogP contribution in [0.1, 0.15) is 23.3 Å². The minimum atomic E-state index is -0.108. The number of nitrogens with two attached hydrogens (primary N) is 1. The molecule has 1 fully saturated rings. The predicted octanol–water partition coefficient (Wildman–Crippen LogP) is 1.84. The second-order valence-corrected chi connectivity index (χ2v) is 7.30. The van der Waals surface area contributed by atoms with Crippen molar-refractivity contribution in [1.29, 1.82) is 0 Å². The van der Waals surface area contributed by atoms with Gasteiger partial charge in [0.05, 0.1) is 6.61 Å². The average Bonchev–Trinajstić information content (AvgIpc) is 3.25. The van der Waals surface area contributed by atoms with Gasteiger partial charge in [-0.25, -0.2) is 0 Å². The van der Waals surface area contributed by atoms with Crippen LogP contribution < -0.4 is 10.6 Å². The zero-order valence-electron chi connectivity index (χ0n) is 13.2. The van der Waals surface area contributed by atoms with E-state index in [1.807, 2.05) is 17.4 Å². The van der Waals surface area contributed by atoms with Gasteiger partial charge in [-0.05, 0) is 36.3 Å². The highest BCUT2D eigenvalue weighted by Gasteiger charge is 2.42. The molecule has 0 saturated carbocycles. The fourth-order valence-corrected chi connectivity index (χ4v) is 4.99. The molecule has 0 radical (unpaired) electrons. The number of fused-ring (bicyclic) bond motifs is 3. The highest BCUT2D eigenvalue weighted by Crippen LogP contribution is 2.44. The first-order chi connectivity index (χ1) is 11.8. The Hall–Kier alpha value is -2.19. The van der Waals surface area contributed by atoms with Gasteiger partial charge < -0.3 is 15.4 Å². The Kier molecular flexibility index (Phi) is 3.04. The van der Waals surface area contributed by atoms with Gasteiger partial charge in [0.15, 0.2) is 5.65 Å². The maximum atomic E-state index is 6.27. The summed E-state index contributed by atoms with van der Waals surface area (Å²) >= 11 is 1.83. The van der Waals surface area contributed by atoms with Crippen molar-refractivity contribution in [3.63, 3.8) is 0 Å². The summed E-state index contributed by atoms with van der Waals surface area (Å²) in [4.78, 5) is 8.20. The second-order valence-electron chi connectivity index (χ2n) is 6.39. The van der Waals surface area contributed by atoms with Crippen LogP contribution in [0.4, 0.5) is 11.8 Å². The molecule has 24 heavy (non-hydrogen) atoms. The number of hydrogen-bond donors (Lipinski definition) is 1. The highest BCUT2D eigenvalue weighted by molar-refractivity contribution is 7.10. The molecule has 5 rings (SSSR count). The maximum Gasteiger partial charge on any atom is 0.209 e. The minimum absolute atomic E-state index is 0.108. The molecule has 1 saturated heterocycles. The summed E-state index contributed by atoms with van der Waals surface area (Å²) in [5, 5.41) is 10.2. The van der Waals surface area contributed by atoms with Gasteiger partial charge in [-0.3, -0.25) is 4.40 Å². The lowest BCUT2D eigenvalue weighted by molar-refractivity contribution is -0.0735. The first-order valence-corrected chi connectivity index (χ1v) is 9.05. The number of aromatic nitrogens is 4.